The van der Waals surface area contributed by atoms with Crippen LogP contribution in [-0.2, 0) is 11.3 Å². The van der Waals surface area contributed by atoms with Crippen molar-refractivity contribution in [1.29, 1.82) is 0 Å². The highest BCUT2D eigenvalue weighted by atomic mass is 16.5. The summed E-state index contributed by atoms with van der Waals surface area (Å²) < 4.78 is 11.3. The Morgan fingerprint density at radius 1 is 1.27 bits per heavy atom. The van der Waals surface area contributed by atoms with Crippen molar-refractivity contribution >= 4 is 5.96 Å². The molecule has 1 aliphatic heterocycles. The van der Waals surface area contributed by atoms with Gasteiger partial charge in [0, 0.05) is 38.3 Å². The van der Waals surface area contributed by atoms with Gasteiger partial charge in [-0.2, -0.15) is 0 Å². The maximum atomic E-state index is 5.95. The van der Waals surface area contributed by atoms with Crippen molar-refractivity contribution in [2.45, 2.75) is 40.3 Å². The Morgan fingerprint density at radius 2 is 2.04 bits per heavy atom. The number of aliphatic imine (C=N–C) groups is 1. The lowest BCUT2D eigenvalue weighted by atomic mass is 10.1. The van der Waals surface area contributed by atoms with Gasteiger partial charge in [-0.05, 0) is 39.3 Å². The lowest BCUT2D eigenvalue weighted by Crippen LogP contribution is -2.44. The molecule has 1 fully saturated rings. The van der Waals surface area contributed by atoms with E-state index in [1.165, 1.54) is 5.56 Å². The van der Waals surface area contributed by atoms with Crippen LogP contribution in [0, 0.1) is 6.92 Å². The molecule has 0 saturated carbocycles. The molecule has 2 rings (SSSR count). The molecule has 1 heterocycles. The van der Waals surface area contributed by atoms with Crippen molar-refractivity contribution < 1.29 is 9.47 Å². The van der Waals surface area contributed by atoms with Gasteiger partial charge in [0.15, 0.2) is 5.96 Å². The number of hydrogen-bond donors (Lipinski definition) is 2. The predicted molar refractivity (Wildman–Crippen MR) is 107 cm³/mol. The van der Waals surface area contributed by atoms with Crippen molar-refractivity contribution in [1.82, 2.24) is 15.5 Å². The smallest absolute Gasteiger partial charge is 0.191 e. The van der Waals surface area contributed by atoms with Crippen LogP contribution < -0.4 is 15.4 Å². The largest absolute Gasteiger partial charge is 0.491 e. The molecule has 0 bridgehead atoms. The molecular weight excluding hydrogens is 328 g/mol. The Kier molecular flexibility index (Phi) is 8.71. The van der Waals surface area contributed by atoms with Crippen LogP contribution in [-0.4, -0.2) is 62.9 Å². The van der Waals surface area contributed by atoms with Gasteiger partial charge in [0.05, 0.1) is 25.9 Å². The summed E-state index contributed by atoms with van der Waals surface area (Å²) >= 11 is 0. The second-order valence-electron chi connectivity index (χ2n) is 6.85. The molecule has 26 heavy (non-hydrogen) atoms. The third kappa shape index (κ3) is 7.22. The first-order chi connectivity index (χ1) is 12.6. The number of ether oxygens (including phenoxy) is 2. The number of benzene rings is 1. The van der Waals surface area contributed by atoms with Crippen LogP contribution in [0.4, 0.5) is 0 Å². The third-order valence-electron chi connectivity index (χ3n) is 4.16. The molecule has 6 heteroatoms. The Balaban J connectivity index is 1.93. The fourth-order valence-electron chi connectivity index (χ4n) is 2.82. The zero-order valence-electron chi connectivity index (χ0n) is 16.7. The fraction of sp³-hybridized carbons (Fsp3) is 0.650. The summed E-state index contributed by atoms with van der Waals surface area (Å²) in [6, 6.07) is 6.30. The fourth-order valence-corrected chi connectivity index (χ4v) is 2.82. The van der Waals surface area contributed by atoms with Crippen molar-refractivity contribution in [3.8, 4) is 5.75 Å². The molecule has 0 spiro atoms. The van der Waals surface area contributed by atoms with Gasteiger partial charge in [-0.3, -0.25) is 4.90 Å². The van der Waals surface area contributed by atoms with E-state index in [2.05, 4.69) is 47.6 Å². The Hall–Kier alpha value is -1.79. The third-order valence-corrected chi connectivity index (χ3v) is 4.16. The predicted octanol–water partition coefficient (Wildman–Crippen LogP) is 2.17. The first-order valence-corrected chi connectivity index (χ1v) is 9.67. The maximum absolute atomic E-state index is 5.95. The number of aryl methyl sites for hydroxylation is 1. The highest BCUT2D eigenvalue weighted by Gasteiger charge is 2.10. The summed E-state index contributed by atoms with van der Waals surface area (Å²) in [5, 5.41) is 6.74. The molecule has 0 radical (unpaired) electrons. The second-order valence-corrected chi connectivity index (χ2v) is 6.85. The first kappa shape index (κ1) is 20.5. The number of guanidine groups is 1. The number of nitrogens with zero attached hydrogens (tertiary/aromatic N) is 2. The van der Waals surface area contributed by atoms with Crippen LogP contribution in [0.2, 0.25) is 0 Å². The first-order valence-electron chi connectivity index (χ1n) is 9.67. The van der Waals surface area contributed by atoms with E-state index < -0.39 is 0 Å². The van der Waals surface area contributed by atoms with Gasteiger partial charge in [-0.25, -0.2) is 4.99 Å². The minimum absolute atomic E-state index is 0.152. The van der Waals surface area contributed by atoms with Crippen molar-refractivity contribution in [3.63, 3.8) is 0 Å². The zero-order valence-corrected chi connectivity index (χ0v) is 16.7. The molecule has 2 N–H and O–H groups in total. The highest BCUT2D eigenvalue weighted by molar-refractivity contribution is 5.79. The molecule has 0 aromatic heterocycles. The molecule has 1 aliphatic rings. The molecule has 1 aromatic rings. The number of morpholine rings is 1. The van der Waals surface area contributed by atoms with Gasteiger partial charge >= 0.3 is 0 Å². The lowest BCUT2D eigenvalue weighted by molar-refractivity contribution is 0.0389. The molecular formula is C20H34N4O2. The summed E-state index contributed by atoms with van der Waals surface area (Å²) in [6.07, 6.45) is 0.152. The van der Waals surface area contributed by atoms with Gasteiger partial charge in [-0.15, -0.1) is 0 Å². The molecule has 1 saturated heterocycles. The van der Waals surface area contributed by atoms with E-state index in [0.717, 1.165) is 63.2 Å². The van der Waals surface area contributed by atoms with Crippen LogP contribution in [0.15, 0.2) is 23.2 Å². The van der Waals surface area contributed by atoms with Crippen molar-refractivity contribution in [3.05, 3.63) is 29.3 Å². The Morgan fingerprint density at radius 3 is 2.73 bits per heavy atom. The molecule has 0 aliphatic carbocycles. The topological polar surface area (TPSA) is 58.1 Å². The quantitative estimate of drug-likeness (QED) is 0.548. The number of nitrogens with one attached hydrogen (secondary N) is 2. The molecule has 146 valence electrons. The summed E-state index contributed by atoms with van der Waals surface area (Å²) in [4.78, 5) is 7.15. The van der Waals surface area contributed by atoms with Gasteiger partial charge in [-0.1, -0.05) is 12.1 Å². The van der Waals surface area contributed by atoms with E-state index in [-0.39, 0.29) is 6.10 Å². The van der Waals surface area contributed by atoms with Crippen molar-refractivity contribution in [2.75, 3.05) is 45.9 Å². The SMILES string of the molecule is CCNC(=NCc1ccc(C)cc1OC(C)C)NCCN1CCOCC1. The molecule has 0 amide bonds. The van der Waals surface area contributed by atoms with Crippen LogP contribution in [0.25, 0.3) is 0 Å². The van der Waals surface area contributed by atoms with E-state index in [4.69, 9.17) is 14.5 Å². The van der Waals surface area contributed by atoms with E-state index in [1.807, 2.05) is 13.8 Å². The van der Waals surface area contributed by atoms with Crippen molar-refractivity contribution in [2.24, 2.45) is 4.99 Å². The van der Waals surface area contributed by atoms with Crippen LogP contribution in [0.5, 0.6) is 5.75 Å². The maximum Gasteiger partial charge on any atom is 0.191 e. The minimum Gasteiger partial charge on any atom is -0.491 e. The molecule has 0 unspecified atom stereocenters. The number of rotatable bonds is 8. The second kappa shape index (κ2) is 11.0. The molecule has 1 aromatic carbocycles. The number of hydrogen-bond acceptors (Lipinski definition) is 4. The average molecular weight is 363 g/mol. The van der Waals surface area contributed by atoms with E-state index >= 15 is 0 Å². The normalized spacial score (nSPS) is 16.0. The van der Waals surface area contributed by atoms with E-state index in [9.17, 15) is 0 Å². The van der Waals surface area contributed by atoms with Gasteiger partial charge in [0.1, 0.15) is 5.75 Å². The van der Waals surface area contributed by atoms with Crippen LogP contribution in [0.3, 0.4) is 0 Å². The summed E-state index contributed by atoms with van der Waals surface area (Å²) in [6.45, 7) is 15.2. The summed E-state index contributed by atoms with van der Waals surface area (Å²) in [5.74, 6) is 1.77. The van der Waals surface area contributed by atoms with E-state index in [1.54, 1.807) is 0 Å². The van der Waals surface area contributed by atoms with Gasteiger partial charge in [0.25, 0.3) is 0 Å². The van der Waals surface area contributed by atoms with Gasteiger partial charge in [0.2, 0.25) is 0 Å². The zero-order chi connectivity index (χ0) is 18.8. The van der Waals surface area contributed by atoms with E-state index in [0.29, 0.717) is 6.54 Å². The molecule has 0 atom stereocenters. The average Bonchev–Trinajstić information content (AvgIpc) is 2.61. The minimum atomic E-state index is 0.152. The molecule has 6 nitrogen and oxygen atoms in total. The Labute approximate surface area is 158 Å². The lowest BCUT2D eigenvalue weighted by Gasteiger charge is -2.26. The highest BCUT2D eigenvalue weighted by Crippen LogP contribution is 2.22. The summed E-state index contributed by atoms with van der Waals surface area (Å²) in [7, 11) is 0. The monoisotopic (exact) mass is 362 g/mol. The van der Waals surface area contributed by atoms with Crippen LogP contribution >= 0.6 is 0 Å². The standard InChI is InChI=1S/C20H34N4O2/c1-5-21-20(22-8-9-24-10-12-25-13-11-24)23-15-18-7-6-17(4)14-19(18)26-16(2)3/h6-7,14,16H,5,8-13,15H2,1-4H3,(H2,21,22,23). The van der Waals surface area contributed by atoms with Crippen LogP contribution in [0.1, 0.15) is 31.9 Å². The Bertz CT molecular complexity index is 569. The van der Waals surface area contributed by atoms with Gasteiger partial charge < -0.3 is 20.1 Å². The summed E-state index contributed by atoms with van der Waals surface area (Å²) in [5.41, 5.74) is 2.30.